The molecule has 0 atom stereocenters. The van der Waals surface area contributed by atoms with E-state index in [1.54, 1.807) is 7.11 Å². The first-order chi connectivity index (χ1) is 14.2. The molecule has 0 bridgehead atoms. The van der Waals surface area contributed by atoms with Gasteiger partial charge in [0.15, 0.2) is 0 Å². The summed E-state index contributed by atoms with van der Waals surface area (Å²) >= 11 is 0. The smallest absolute Gasteiger partial charge is 0.253 e. The van der Waals surface area contributed by atoms with Gasteiger partial charge in [-0.1, -0.05) is 12.1 Å². The number of nitrogens with zero attached hydrogens (tertiary/aromatic N) is 2. The molecule has 1 amide bonds. The number of piperazine rings is 1. The second kappa shape index (κ2) is 10.2. The second-order valence-electron chi connectivity index (χ2n) is 6.84. The molecule has 1 saturated heterocycles. The van der Waals surface area contributed by atoms with Crippen molar-refractivity contribution in [2.24, 2.45) is 0 Å². The van der Waals surface area contributed by atoms with Gasteiger partial charge < -0.3 is 24.0 Å². The molecule has 3 rings (SSSR count). The van der Waals surface area contributed by atoms with Gasteiger partial charge in [0.25, 0.3) is 5.91 Å². The largest absolute Gasteiger partial charge is 0.495 e. The molecule has 2 aromatic rings. The number of hydrogen-bond acceptors (Lipinski definition) is 5. The van der Waals surface area contributed by atoms with Gasteiger partial charge in [0.05, 0.1) is 26.0 Å². The molecule has 29 heavy (non-hydrogen) atoms. The van der Waals surface area contributed by atoms with Gasteiger partial charge in [0.2, 0.25) is 0 Å². The number of benzene rings is 2. The topological polar surface area (TPSA) is 51.2 Å². The van der Waals surface area contributed by atoms with Crippen LogP contribution in [0, 0.1) is 0 Å². The first kappa shape index (κ1) is 21.0. The van der Waals surface area contributed by atoms with Crippen LogP contribution in [0.3, 0.4) is 0 Å². The zero-order chi connectivity index (χ0) is 20.6. The van der Waals surface area contributed by atoms with Crippen molar-refractivity contribution in [3.63, 3.8) is 0 Å². The number of ether oxygens (including phenoxy) is 3. The predicted molar refractivity (Wildman–Crippen MR) is 114 cm³/mol. The van der Waals surface area contributed by atoms with E-state index in [2.05, 4.69) is 11.0 Å². The van der Waals surface area contributed by atoms with Crippen molar-refractivity contribution >= 4 is 11.6 Å². The van der Waals surface area contributed by atoms with Crippen LogP contribution in [-0.2, 0) is 11.3 Å². The van der Waals surface area contributed by atoms with E-state index in [0.717, 1.165) is 35.8 Å². The monoisotopic (exact) mass is 398 g/mol. The van der Waals surface area contributed by atoms with Gasteiger partial charge >= 0.3 is 0 Å². The molecule has 0 aromatic heterocycles. The quantitative estimate of drug-likeness (QED) is 0.680. The van der Waals surface area contributed by atoms with Crippen molar-refractivity contribution in [2.45, 2.75) is 20.5 Å². The van der Waals surface area contributed by atoms with E-state index in [4.69, 9.17) is 14.2 Å². The Morgan fingerprint density at radius 1 is 0.966 bits per heavy atom. The molecule has 1 fully saturated rings. The maximum absolute atomic E-state index is 13.1. The molecule has 6 nitrogen and oxygen atoms in total. The predicted octanol–water partition coefficient (Wildman–Crippen LogP) is 3.59. The van der Waals surface area contributed by atoms with Gasteiger partial charge in [-0.2, -0.15) is 0 Å². The SMILES string of the molecule is CCOCc1cc(C(=O)N2CCN(c3ccccc3OC)CC2)ccc1OCC. The summed E-state index contributed by atoms with van der Waals surface area (Å²) in [5.41, 5.74) is 2.66. The first-order valence-electron chi connectivity index (χ1n) is 10.2. The van der Waals surface area contributed by atoms with E-state index in [0.29, 0.717) is 38.5 Å². The van der Waals surface area contributed by atoms with Gasteiger partial charge in [-0.15, -0.1) is 0 Å². The highest BCUT2D eigenvalue weighted by Gasteiger charge is 2.24. The number of anilines is 1. The number of carbonyl (C=O) groups excluding carboxylic acids is 1. The van der Waals surface area contributed by atoms with E-state index in [-0.39, 0.29) is 5.91 Å². The number of para-hydroxylation sites is 2. The molecule has 156 valence electrons. The number of hydrogen-bond donors (Lipinski definition) is 0. The third kappa shape index (κ3) is 5.01. The molecule has 0 aliphatic carbocycles. The summed E-state index contributed by atoms with van der Waals surface area (Å²) in [6.07, 6.45) is 0. The van der Waals surface area contributed by atoms with Gasteiger partial charge in [0.1, 0.15) is 11.5 Å². The van der Waals surface area contributed by atoms with Crippen molar-refractivity contribution in [3.8, 4) is 11.5 Å². The highest BCUT2D eigenvalue weighted by Crippen LogP contribution is 2.29. The van der Waals surface area contributed by atoms with Gasteiger partial charge in [-0.3, -0.25) is 4.79 Å². The second-order valence-corrected chi connectivity index (χ2v) is 6.84. The highest BCUT2D eigenvalue weighted by molar-refractivity contribution is 5.94. The van der Waals surface area contributed by atoms with E-state index in [9.17, 15) is 4.79 Å². The van der Waals surface area contributed by atoms with Crippen molar-refractivity contribution in [1.29, 1.82) is 0 Å². The zero-order valence-electron chi connectivity index (χ0n) is 17.5. The first-order valence-corrected chi connectivity index (χ1v) is 10.2. The van der Waals surface area contributed by atoms with Crippen LogP contribution in [0.5, 0.6) is 11.5 Å². The fourth-order valence-corrected chi connectivity index (χ4v) is 3.56. The Morgan fingerprint density at radius 2 is 1.72 bits per heavy atom. The zero-order valence-corrected chi connectivity index (χ0v) is 17.5. The lowest BCUT2D eigenvalue weighted by Gasteiger charge is -2.36. The minimum Gasteiger partial charge on any atom is -0.495 e. The van der Waals surface area contributed by atoms with Gasteiger partial charge in [-0.25, -0.2) is 0 Å². The summed E-state index contributed by atoms with van der Waals surface area (Å²) in [5, 5.41) is 0. The van der Waals surface area contributed by atoms with Crippen LogP contribution in [0.25, 0.3) is 0 Å². The minimum absolute atomic E-state index is 0.0467. The van der Waals surface area contributed by atoms with Crippen molar-refractivity contribution in [3.05, 3.63) is 53.6 Å². The molecule has 2 aromatic carbocycles. The Kier molecular flexibility index (Phi) is 7.36. The molecule has 1 aliphatic rings. The standard InChI is InChI=1S/C23H30N2O4/c1-4-28-17-19-16-18(10-11-21(19)29-5-2)23(26)25-14-12-24(13-15-25)20-8-6-7-9-22(20)27-3/h6-11,16H,4-5,12-15,17H2,1-3H3. The Morgan fingerprint density at radius 3 is 2.41 bits per heavy atom. The van der Waals surface area contributed by atoms with Crippen LogP contribution in [0.2, 0.25) is 0 Å². The Bertz CT molecular complexity index is 816. The Labute approximate surface area is 173 Å². The minimum atomic E-state index is 0.0467. The third-order valence-corrected chi connectivity index (χ3v) is 5.06. The average Bonchev–Trinajstić information content (AvgIpc) is 2.78. The van der Waals surface area contributed by atoms with Crippen LogP contribution in [0.4, 0.5) is 5.69 Å². The van der Waals surface area contributed by atoms with Gasteiger partial charge in [0, 0.05) is 43.9 Å². The van der Waals surface area contributed by atoms with E-state index < -0.39 is 0 Å². The molecule has 0 N–H and O–H groups in total. The third-order valence-electron chi connectivity index (χ3n) is 5.06. The lowest BCUT2D eigenvalue weighted by molar-refractivity contribution is 0.0746. The molecule has 0 unspecified atom stereocenters. The highest BCUT2D eigenvalue weighted by atomic mass is 16.5. The molecular weight excluding hydrogens is 368 g/mol. The number of carbonyl (C=O) groups is 1. The average molecular weight is 399 g/mol. The molecule has 0 saturated carbocycles. The summed E-state index contributed by atoms with van der Waals surface area (Å²) in [4.78, 5) is 17.2. The summed E-state index contributed by atoms with van der Waals surface area (Å²) in [6, 6.07) is 13.6. The lowest BCUT2D eigenvalue weighted by Crippen LogP contribution is -2.48. The molecule has 0 spiro atoms. The Balaban J connectivity index is 1.68. The van der Waals surface area contributed by atoms with Crippen LogP contribution in [0.1, 0.15) is 29.8 Å². The fraction of sp³-hybridized carbons (Fsp3) is 0.435. The van der Waals surface area contributed by atoms with Crippen molar-refractivity contribution in [2.75, 3.05) is 51.4 Å². The summed E-state index contributed by atoms with van der Waals surface area (Å²) in [7, 11) is 1.68. The maximum atomic E-state index is 13.1. The molecule has 0 radical (unpaired) electrons. The molecule has 1 aliphatic heterocycles. The molecule has 1 heterocycles. The number of rotatable bonds is 8. The van der Waals surface area contributed by atoms with Crippen molar-refractivity contribution in [1.82, 2.24) is 4.90 Å². The molecule has 6 heteroatoms. The Hall–Kier alpha value is -2.73. The summed E-state index contributed by atoms with van der Waals surface area (Å²) < 4.78 is 16.7. The van der Waals surface area contributed by atoms with Crippen LogP contribution >= 0.6 is 0 Å². The van der Waals surface area contributed by atoms with E-state index in [1.165, 1.54) is 0 Å². The maximum Gasteiger partial charge on any atom is 0.253 e. The van der Waals surface area contributed by atoms with Gasteiger partial charge in [-0.05, 0) is 44.2 Å². The van der Waals surface area contributed by atoms with Crippen molar-refractivity contribution < 1.29 is 19.0 Å². The van der Waals surface area contributed by atoms with Crippen LogP contribution < -0.4 is 14.4 Å². The van der Waals surface area contributed by atoms with E-state index in [1.807, 2.05) is 55.1 Å². The van der Waals surface area contributed by atoms with Crippen LogP contribution in [0.15, 0.2) is 42.5 Å². The summed E-state index contributed by atoms with van der Waals surface area (Å²) in [6.45, 7) is 8.43. The fourth-order valence-electron chi connectivity index (χ4n) is 3.56. The molecular formula is C23H30N2O4. The summed E-state index contributed by atoms with van der Waals surface area (Å²) in [5.74, 6) is 1.68. The number of methoxy groups -OCH3 is 1. The van der Waals surface area contributed by atoms with E-state index >= 15 is 0 Å². The lowest BCUT2D eigenvalue weighted by atomic mass is 10.1. The van der Waals surface area contributed by atoms with Crippen LogP contribution in [-0.4, -0.2) is 57.3 Å². The number of amides is 1. The normalized spacial score (nSPS) is 14.0.